The van der Waals surface area contributed by atoms with Crippen LogP contribution in [0, 0.1) is 27.7 Å². The van der Waals surface area contributed by atoms with Crippen LogP contribution in [0.25, 0.3) is 68.6 Å². The van der Waals surface area contributed by atoms with Crippen molar-refractivity contribution in [2.75, 3.05) is 0 Å². The molecule has 5 aromatic rings. The van der Waals surface area contributed by atoms with Gasteiger partial charge in [0, 0.05) is 42.1 Å². The Balaban J connectivity index is 1.59. The van der Waals surface area contributed by atoms with E-state index in [1.54, 1.807) is 0 Å². The molecular formula is C36H28Br2N4. The van der Waals surface area contributed by atoms with Gasteiger partial charge in [-0.3, -0.25) is 0 Å². The van der Waals surface area contributed by atoms with Crippen LogP contribution in [-0.4, -0.2) is 19.9 Å². The summed E-state index contributed by atoms with van der Waals surface area (Å²) in [7, 11) is 0. The number of rotatable bonds is 2. The largest absolute Gasteiger partial charge is 0.355 e. The summed E-state index contributed by atoms with van der Waals surface area (Å²) in [4.78, 5) is 17.6. The lowest BCUT2D eigenvalue weighted by Crippen LogP contribution is -1.95. The van der Waals surface area contributed by atoms with Crippen LogP contribution in [0.5, 0.6) is 0 Å². The van der Waals surface area contributed by atoms with Gasteiger partial charge in [-0.1, -0.05) is 31.9 Å². The van der Waals surface area contributed by atoms with E-state index >= 15 is 0 Å². The van der Waals surface area contributed by atoms with Gasteiger partial charge in [-0.2, -0.15) is 0 Å². The summed E-state index contributed by atoms with van der Waals surface area (Å²) in [5, 5.41) is 0. The summed E-state index contributed by atoms with van der Waals surface area (Å²) in [5.74, 6) is 0. The first-order chi connectivity index (χ1) is 20.2. The Bertz CT molecular complexity index is 2020. The van der Waals surface area contributed by atoms with Crippen LogP contribution in [0.4, 0.5) is 0 Å². The van der Waals surface area contributed by atoms with Crippen LogP contribution < -0.4 is 0 Å². The van der Waals surface area contributed by atoms with Gasteiger partial charge < -0.3 is 9.97 Å². The van der Waals surface area contributed by atoms with E-state index in [2.05, 4.69) is 154 Å². The molecule has 8 bridgehead atoms. The molecule has 7 rings (SSSR count). The lowest BCUT2D eigenvalue weighted by molar-refractivity contribution is 1.26. The molecule has 2 N–H and O–H groups in total. The van der Waals surface area contributed by atoms with Gasteiger partial charge in [0.2, 0.25) is 0 Å². The van der Waals surface area contributed by atoms with Crippen molar-refractivity contribution >= 4 is 78.2 Å². The number of halogens is 2. The average molecular weight is 676 g/mol. The topological polar surface area (TPSA) is 57.4 Å². The summed E-state index contributed by atoms with van der Waals surface area (Å²) in [6, 6.07) is 21.4. The van der Waals surface area contributed by atoms with Crippen LogP contribution in [0.3, 0.4) is 0 Å². The number of aromatic nitrogens is 4. The quantitative estimate of drug-likeness (QED) is 0.192. The number of aromatic amines is 2. The van der Waals surface area contributed by atoms with Crippen molar-refractivity contribution in [1.29, 1.82) is 0 Å². The van der Waals surface area contributed by atoms with Gasteiger partial charge in [0.15, 0.2) is 0 Å². The van der Waals surface area contributed by atoms with Crippen molar-refractivity contribution in [3.05, 3.63) is 115 Å². The van der Waals surface area contributed by atoms with Crippen molar-refractivity contribution < 1.29 is 0 Å². The van der Waals surface area contributed by atoms with Gasteiger partial charge in [0.1, 0.15) is 0 Å². The van der Waals surface area contributed by atoms with Gasteiger partial charge in [-0.25, -0.2) is 9.97 Å². The third-order valence-electron chi connectivity index (χ3n) is 7.89. The number of hydrogen-bond acceptors (Lipinski definition) is 2. The maximum atomic E-state index is 5.10. The molecule has 5 heterocycles. The van der Waals surface area contributed by atoms with Crippen LogP contribution in [-0.2, 0) is 0 Å². The lowest BCUT2D eigenvalue weighted by atomic mass is 9.93. The summed E-state index contributed by atoms with van der Waals surface area (Å²) in [6.45, 7) is 8.63. The predicted molar refractivity (Wildman–Crippen MR) is 184 cm³/mol. The normalized spacial score (nSPS) is 12.3. The van der Waals surface area contributed by atoms with E-state index in [0.29, 0.717) is 0 Å². The molecule has 0 unspecified atom stereocenters. The van der Waals surface area contributed by atoms with Crippen LogP contribution >= 0.6 is 31.9 Å². The second-order valence-electron chi connectivity index (χ2n) is 11.0. The minimum Gasteiger partial charge on any atom is -0.355 e. The highest BCUT2D eigenvalue weighted by atomic mass is 79.9. The molecule has 2 aliphatic heterocycles. The molecule has 42 heavy (non-hydrogen) atoms. The number of H-pyrrole nitrogens is 2. The smallest absolute Gasteiger partial charge is 0.0738 e. The second kappa shape index (κ2) is 10.4. The molecule has 206 valence electrons. The van der Waals surface area contributed by atoms with Crippen molar-refractivity contribution in [3.8, 4) is 22.3 Å². The molecule has 0 aliphatic carbocycles. The third kappa shape index (κ3) is 4.79. The molecule has 0 saturated heterocycles. The van der Waals surface area contributed by atoms with E-state index in [-0.39, 0.29) is 0 Å². The summed E-state index contributed by atoms with van der Waals surface area (Å²) in [5.41, 5.74) is 17.0. The SMILES string of the molecule is Cc1cc(Br)cc(C)c1-c1c2nc(cc3ccc([nH]3)c(-c3c(C)cc(Br)cc3C)c3ccc(cc4nc1C=C4)[nH]3)C=C2. The van der Waals surface area contributed by atoms with Crippen molar-refractivity contribution in [3.63, 3.8) is 0 Å². The molecule has 3 aromatic heterocycles. The number of benzene rings is 2. The van der Waals surface area contributed by atoms with Crippen LogP contribution in [0.15, 0.2) is 69.6 Å². The van der Waals surface area contributed by atoms with Crippen LogP contribution in [0.2, 0.25) is 0 Å². The third-order valence-corrected chi connectivity index (χ3v) is 8.81. The Labute approximate surface area is 261 Å². The van der Waals surface area contributed by atoms with E-state index < -0.39 is 0 Å². The molecule has 2 aliphatic rings. The maximum absolute atomic E-state index is 5.10. The van der Waals surface area contributed by atoms with Crippen LogP contribution in [0.1, 0.15) is 45.0 Å². The molecule has 0 fully saturated rings. The van der Waals surface area contributed by atoms with Gasteiger partial charge in [0.05, 0.1) is 22.8 Å². The Hall–Kier alpha value is -4.00. The number of aryl methyl sites for hydroxylation is 4. The van der Waals surface area contributed by atoms with E-state index in [9.17, 15) is 0 Å². The molecule has 4 nitrogen and oxygen atoms in total. The average Bonchev–Trinajstić information content (AvgIpc) is 3.73. The maximum Gasteiger partial charge on any atom is 0.0738 e. The Morgan fingerprint density at radius 1 is 0.476 bits per heavy atom. The molecule has 0 atom stereocenters. The second-order valence-corrected chi connectivity index (χ2v) is 12.9. The first-order valence-electron chi connectivity index (χ1n) is 13.9. The summed E-state index contributed by atoms with van der Waals surface area (Å²) >= 11 is 7.33. The fourth-order valence-electron chi connectivity index (χ4n) is 6.21. The van der Waals surface area contributed by atoms with E-state index in [1.807, 2.05) is 0 Å². The van der Waals surface area contributed by atoms with Crippen molar-refractivity contribution in [1.82, 2.24) is 19.9 Å². The van der Waals surface area contributed by atoms with Gasteiger partial charge in [-0.15, -0.1) is 0 Å². The first kappa shape index (κ1) is 26.9. The minimum atomic E-state index is 0.897. The fraction of sp³-hybridized carbons (Fsp3) is 0.111. The number of nitrogens with zero attached hydrogens (tertiary/aromatic N) is 2. The van der Waals surface area contributed by atoms with Gasteiger partial charge in [0.25, 0.3) is 0 Å². The zero-order valence-electron chi connectivity index (χ0n) is 23.7. The molecule has 6 heteroatoms. The highest BCUT2D eigenvalue weighted by Gasteiger charge is 2.18. The van der Waals surface area contributed by atoms with E-state index in [4.69, 9.17) is 9.97 Å². The zero-order valence-corrected chi connectivity index (χ0v) is 26.9. The van der Waals surface area contributed by atoms with Gasteiger partial charge in [-0.05, 0) is 146 Å². The lowest BCUT2D eigenvalue weighted by Gasteiger charge is -2.13. The molecular weight excluding hydrogens is 648 g/mol. The molecule has 0 saturated carbocycles. The monoisotopic (exact) mass is 674 g/mol. The molecule has 0 radical (unpaired) electrons. The van der Waals surface area contributed by atoms with E-state index in [1.165, 1.54) is 27.8 Å². The fourth-order valence-corrected chi connectivity index (χ4v) is 7.58. The standard InChI is InChI=1S/C36H28Br2N4/c1-19-13-23(37)14-20(2)33(19)35-29-9-5-25(39-29)17-27-7-11-31(41-27)36(34-21(3)15-24(38)16-22(34)4)32-12-8-28(42-32)18-26-6-10-30(35)40-26/h5-18,39-40H,1-4H3. The Morgan fingerprint density at radius 2 is 0.881 bits per heavy atom. The highest BCUT2D eigenvalue weighted by Crippen LogP contribution is 2.38. The summed E-state index contributed by atoms with van der Waals surface area (Å²) in [6.07, 6.45) is 8.37. The van der Waals surface area contributed by atoms with Crippen molar-refractivity contribution in [2.24, 2.45) is 0 Å². The minimum absolute atomic E-state index is 0.897. The van der Waals surface area contributed by atoms with E-state index in [0.717, 1.165) is 70.5 Å². The van der Waals surface area contributed by atoms with Crippen molar-refractivity contribution in [2.45, 2.75) is 27.7 Å². The molecule has 0 spiro atoms. The number of nitrogens with one attached hydrogen (secondary N) is 2. The molecule has 2 aromatic carbocycles. The van der Waals surface area contributed by atoms with Gasteiger partial charge >= 0.3 is 0 Å². The molecule has 0 amide bonds. The number of hydrogen-bond donors (Lipinski definition) is 2. The highest BCUT2D eigenvalue weighted by molar-refractivity contribution is 9.10. The predicted octanol–water partition coefficient (Wildman–Crippen LogP) is 10.7. The first-order valence-corrected chi connectivity index (χ1v) is 15.5. The Kier molecular flexibility index (Phi) is 6.63. The summed E-state index contributed by atoms with van der Waals surface area (Å²) < 4.78 is 2.15. The number of fused-ring (bicyclic) bond motifs is 8. The zero-order chi connectivity index (χ0) is 29.1. The Morgan fingerprint density at radius 3 is 1.31 bits per heavy atom.